The molecule has 4 heteroatoms. The first kappa shape index (κ1) is 9.60. The third kappa shape index (κ3) is 1.24. The molecule has 0 spiro atoms. The predicted molar refractivity (Wildman–Crippen MR) is 51.0 cm³/mol. The van der Waals surface area contributed by atoms with Crippen LogP contribution >= 0.6 is 0 Å². The van der Waals surface area contributed by atoms with Gasteiger partial charge in [0.2, 0.25) is 0 Å². The minimum atomic E-state index is -0.532. The number of esters is 1. The fourth-order valence-electron chi connectivity index (χ4n) is 3.01. The van der Waals surface area contributed by atoms with E-state index in [0.29, 0.717) is 0 Å². The SMILES string of the molecule is CC1C(=O)OC2CC1C1OC(C)(C)OC21. The molecule has 3 aliphatic rings. The highest BCUT2D eigenvalue weighted by Gasteiger charge is 2.60. The zero-order chi connectivity index (χ0) is 10.8. The highest BCUT2D eigenvalue weighted by molar-refractivity contribution is 5.74. The molecule has 5 unspecified atom stereocenters. The third-order valence-corrected chi connectivity index (χ3v) is 3.74. The molecule has 4 nitrogen and oxygen atoms in total. The van der Waals surface area contributed by atoms with E-state index in [1.54, 1.807) is 0 Å². The van der Waals surface area contributed by atoms with Gasteiger partial charge in [0, 0.05) is 5.92 Å². The first-order valence-corrected chi connectivity index (χ1v) is 5.54. The smallest absolute Gasteiger partial charge is 0.309 e. The second kappa shape index (κ2) is 2.74. The number of fused-ring (bicyclic) bond motifs is 5. The summed E-state index contributed by atoms with van der Waals surface area (Å²) in [5.74, 6) is -0.428. The molecule has 0 N–H and O–H groups in total. The van der Waals surface area contributed by atoms with Gasteiger partial charge in [0.1, 0.15) is 12.2 Å². The van der Waals surface area contributed by atoms with Gasteiger partial charge in [0.15, 0.2) is 5.79 Å². The van der Waals surface area contributed by atoms with Crippen LogP contribution in [0, 0.1) is 11.8 Å². The van der Waals surface area contributed by atoms with Crippen molar-refractivity contribution in [1.29, 1.82) is 0 Å². The number of carbonyl (C=O) groups is 1. The Morgan fingerprint density at radius 3 is 2.67 bits per heavy atom. The first-order valence-electron chi connectivity index (χ1n) is 5.54. The Morgan fingerprint density at radius 2 is 1.93 bits per heavy atom. The maximum absolute atomic E-state index is 11.5. The van der Waals surface area contributed by atoms with Gasteiger partial charge in [-0.25, -0.2) is 0 Å². The second-order valence-corrected chi connectivity index (χ2v) is 5.23. The van der Waals surface area contributed by atoms with Crippen molar-refractivity contribution in [2.45, 2.75) is 51.3 Å². The van der Waals surface area contributed by atoms with E-state index in [1.807, 2.05) is 20.8 Å². The van der Waals surface area contributed by atoms with Gasteiger partial charge in [-0.1, -0.05) is 6.92 Å². The summed E-state index contributed by atoms with van der Waals surface area (Å²) in [6.07, 6.45) is 0.772. The van der Waals surface area contributed by atoms with Gasteiger partial charge >= 0.3 is 5.97 Å². The Labute approximate surface area is 88.9 Å². The third-order valence-electron chi connectivity index (χ3n) is 3.74. The average molecular weight is 212 g/mol. The molecule has 2 heterocycles. The minimum absolute atomic E-state index is 0.0337. The highest BCUT2D eigenvalue weighted by atomic mass is 16.8. The second-order valence-electron chi connectivity index (χ2n) is 5.23. The molecular formula is C11H16O4. The molecule has 0 aromatic carbocycles. The number of carbonyl (C=O) groups excluding carboxylic acids is 1. The largest absolute Gasteiger partial charge is 0.459 e. The number of rotatable bonds is 0. The van der Waals surface area contributed by atoms with Gasteiger partial charge < -0.3 is 14.2 Å². The van der Waals surface area contributed by atoms with E-state index in [1.165, 1.54) is 0 Å². The van der Waals surface area contributed by atoms with Crippen molar-refractivity contribution in [3.63, 3.8) is 0 Å². The topological polar surface area (TPSA) is 44.8 Å². The van der Waals surface area contributed by atoms with Gasteiger partial charge in [-0.3, -0.25) is 4.79 Å². The Morgan fingerprint density at radius 1 is 1.27 bits per heavy atom. The lowest BCUT2D eigenvalue weighted by Crippen LogP contribution is -2.37. The summed E-state index contributed by atoms with van der Waals surface area (Å²) in [5.41, 5.74) is 0. The van der Waals surface area contributed by atoms with E-state index in [2.05, 4.69) is 0 Å². The van der Waals surface area contributed by atoms with Crippen LogP contribution in [-0.2, 0) is 19.0 Å². The number of hydrogen-bond acceptors (Lipinski definition) is 4. The zero-order valence-electron chi connectivity index (χ0n) is 9.23. The fraction of sp³-hybridized carbons (Fsp3) is 0.909. The summed E-state index contributed by atoms with van der Waals surface area (Å²) in [6.45, 7) is 5.74. The Kier molecular flexibility index (Phi) is 1.75. The lowest BCUT2D eigenvalue weighted by Gasteiger charge is -2.29. The molecule has 1 saturated carbocycles. The van der Waals surface area contributed by atoms with Crippen LogP contribution in [0.3, 0.4) is 0 Å². The normalized spacial score (nSPS) is 51.4. The molecule has 0 amide bonds. The summed E-state index contributed by atoms with van der Waals surface area (Å²) in [5, 5.41) is 0. The predicted octanol–water partition coefficient (Wildman–Crippen LogP) is 1.09. The fourth-order valence-corrected chi connectivity index (χ4v) is 3.01. The molecule has 0 aromatic heterocycles. The monoisotopic (exact) mass is 212 g/mol. The van der Waals surface area contributed by atoms with Crippen molar-refractivity contribution >= 4 is 5.97 Å². The standard InChI is InChI=1S/C11H16O4/c1-5-6-4-7(13-10(5)12)9-8(6)14-11(2,3)15-9/h5-9H,4H2,1-3H3. The first-order chi connectivity index (χ1) is 6.98. The van der Waals surface area contributed by atoms with Crippen molar-refractivity contribution in [3.05, 3.63) is 0 Å². The van der Waals surface area contributed by atoms with E-state index in [4.69, 9.17) is 14.2 Å². The molecular weight excluding hydrogens is 196 g/mol. The van der Waals surface area contributed by atoms with Gasteiger partial charge in [-0.15, -0.1) is 0 Å². The summed E-state index contributed by atoms with van der Waals surface area (Å²) in [4.78, 5) is 11.5. The molecule has 2 aliphatic heterocycles. The average Bonchev–Trinajstić information content (AvgIpc) is 2.57. The Bertz CT molecular complexity index is 312. The van der Waals surface area contributed by atoms with Crippen LogP contribution in [-0.4, -0.2) is 30.1 Å². The molecule has 0 radical (unpaired) electrons. The lowest BCUT2D eigenvalue weighted by molar-refractivity contribution is -0.193. The van der Waals surface area contributed by atoms with Crippen LogP contribution in [0.15, 0.2) is 0 Å². The van der Waals surface area contributed by atoms with Crippen molar-refractivity contribution < 1.29 is 19.0 Å². The maximum Gasteiger partial charge on any atom is 0.309 e. The maximum atomic E-state index is 11.5. The molecule has 84 valence electrons. The molecule has 3 rings (SSSR count). The van der Waals surface area contributed by atoms with Crippen LogP contribution in [0.2, 0.25) is 0 Å². The Hall–Kier alpha value is -0.610. The summed E-state index contributed by atoms with van der Waals surface area (Å²) in [6, 6.07) is 0. The van der Waals surface area contributed by atoms with Crippen LogP contribution < -0.4 is 0 Å². The molecule has 0 aromatic rings. The van der Waals surface area contributed by atoms with Crippen LogP contribution in [0.25, 0.3) is 0 Å². The van der Waals surface area contributed by atoms with Crippen molar-refractivity contribution in [2.75, 3.05) is 0 Å². The van der Waals surface area contributed by atoms with E-state index < -0.39 is 5.79 Å². The number of hydrogen-bond donors (Lipinski definition) is 0. The van der Waals surface area contributed by atoms with Gasteiger partial charge in [0.25, 0.3) is 0 Å². The highest BCUT2D eigenvalue weighted by Crippen LogP contribution is 2.48. The van der Waals surface area contributed by atoms with Crippen LogP contribution in [0.4, 0.5) is 0 Å². The summed E-state index contributed by atoms with van der Waals surface area (Å²) < 4.78 is 17.0. The van der Waals surface area contributed by atoms with Crippen molar-refractivity contribution in [1.82, 2.24) is 0 Å². The molecule has 2 saturated heterocycles. The Balaban J connectivity index is 1.90. The van der Waals surface area contributed by atoms with E-state index in [9.17, 15) is 4.79 Å². The zero-order valence-corrected chi connectivity index (χ0v) is 9.23. The molecule has 1 aliphatic carbocycles. The lowest BCUT2D eigenvalue weighted by atomic mass is 9.89. The van der Waals surface area contributed by atoms with E-state index in [0.717, 1.165) is 6.42 Å². The van der Waals surface area contributed by atoms with E-state index >= 15 is 0 Å². The molecule has 2 bridgehead atoms. The summed E-state index contributed by atoms with van der Waals surface area (Å²) >= 11 is 0. The summed E-state index contributed by atoms with van der Waals surface area (Å²) in [7, 11) is 0. The number of ether oxygens (including phenoxy) is 3. The van der Waals surface area contributed by atoms with Crippen LogP contribution in [0.5, 0.6) is 0 Å². The quantitative estimate of drug-likeness (QED) is 0.564. The van der Waals surface area contributed by atoms with E-state index in [-0.39, 0.29) is 36.1 Å². The van der Waals surface area contributed by atoms with Gasteiger partial charge in [-0.2, -0.15) is 0 Å². The van der Waals surface area contributed by atoms with Crippen molar-refractivity contribution in [2.24, 2.45) is 11.8 Å². The van der Waals surface area contributed by atoms with Gasteiger partial charge in [0.05, 0.1) is 12.0 Å². The minimum Gasteiger partial charge on any atom is -0.459 e. The van der Waals surface area contributed by atoms with Crippen molar-refractivity contribution in [3.8, 4) is 0 Å². The van der Waals surface area contributed by atoms with Gasteiger partial charge in [-0.05, 0) is 20.3 Å². The molecule has 15 heavy (non-hydrogen) atoms. The molecule has 5 atom stereocenters. The molecule has 3 fully saturated rings. The van der Waals surface area contributed by atoms with Crippen LogP contribution in [0.1, 0.15) is 27.2 Å².